The van der Waals surface area contributed by atoms with E-state index in [0.717, 1.165) is 17.7 Å². The number of aromatic nitrogens is 1. The maximum absolute atomic E-state index is 13.7. The molecule has 1 heterocycles. The third-order valence-corrected chi connectivity index (χ3v) is 2.91. The van der Waals surface area contributed by atoms with Gasteiger partial charge in [-0.2, -0.15) is 0 Å². The van der Waals surface area contributed by atoms with Gasteiger partial charge in [-0.1, -0.05) is 0 Å². The molecule has 100 valence electrons. The zero-order valence-electron chi connectivity index (χ0n) is 10.6. The summed E-state index contributed by atoms with van der Waals surface area (Å²) in [6, 6.07) is 6.01. The molecule has 0 fully saturated rings. The molecule has 0 saturated carbocycles. The van der Waals surface area contributed by atoms with Crippen molar-refractivity contribution in [2.75, 3.05) is 24.2 Å². The predicted molar refractivity (Wildman–Crippen MR) is 72.0 cm³/mol. The Balaban J connectivity index is 2.10. The molecule has 3 nitrogen and oxygen atoms in total. The largest absolute Gasteiger partial charge is 0.399 e. The van der Waals surface area contributed by atoms with Crippen LogP contribution in [0.5, 0.6) is 0 Å². The van der Waals surface area contributed by atoms with Gasteiger partial charge >= 0.3 is 0 Å². The van der Waals surface area contributed by atoms with Gasteiger partial charge in [-0.25, -0.2) is 8.78 Å². The smallest absolute Gasteiger partial charge is 0.151 e. The maximum Gasteiger partial charge on any atom is 0.151 e. The van der Waals surface area contributed by atoms with E-state index >= 15 is 0 Å². The number of nitrogens with two attached hydrogens (primary N) is 1. The summed E-state index contributed by atoms with van der Waals surface area (Å²) in [6.07, 6.45) is 4.07. The minimum Gasteiger partial charge on any atom is -0.399 e. The molecule has 0 aliphatic heterocycles. The molecule has 2 aromatic rings. The number of anilines is 2. The fourth-order valence-electron chi connectivity index (χ4n) is 1.91. The average molecular weight is 263 g/mol. The Hall–Kier alpha value is -2.17. The van der Waals surface area contributed by atoms with Crippen molar-refractivity contribution < 1.29 is 8.78 Å². The van der Waals surface area contributed by atoms with Gasteiger partial charge in [0.25, 0.3) is 0 Å². The van der Waals surface area contributed by atoms with Crippen LogP contribution in [0.1, 0.15) is 5.56 Å². The van der Waals surface area contributed by atoms with Gasteiger partial charge in [0.05, 0.1) is 0 Å². The lowest BCUT2D eigenvalue weighted by Crippen LogP contribution is -2.22. The normalized spacial score (nSPS) is 10.5. The Bertz CT molecular complexity index is 535. The third-order valence-electron chi connectivity index (χ3n) is 2.91. The molecule has 19 heavy (non-hydrogen) atoms. The fraction of sp³-hybridized carbons (Fsp3) is 0.214. The van der Waals surface area contributed by atoms with Gasteiger partial charge in [0, 0.05) is 31.7 Å². The van der Waals surface area contributed by atoms with Crippen molar-refractivity contribution in [3.8, 4) is 0 Å². The summed E-state index contributed by atoms with van der Waals surface area (Å²) in [6.45, 7) is 0.502. The number of hydrogen-bond donors (Lipinski definition) is 1. The number of halogens is 2. The van der Waals surface area contributed by atoms with Crippen molar-refractivity contribution in [1.29, 1.82) is 0 Å². The summed E-state index contributed by atoms with van der Waals surface area (Å²) in [4.78, 5) is 5.47. The minimum absolute atomic E-state index is 0.0525. The zero-order chi connectivity index (χ0) is 13.8. The van der Waals surface area contributed by atoms with E-state index < -0.39 is 11.6 Å². The third kappa shape index (κ3) is 3.19. The molecule has 0 aliphatic rings. The van der Waals surface area contributed by atoms with Crippen molar-refractivity contribution >= 4 is 11.4 Å². The van der Waals surface area contributed by atoms with E-state index in [-0.39, 0.29) is 11.4 Å². The summed E-state index contributed by atoms with van der Waals surface area (Å²) < 4.78 is 27.4. The second-order valence-electron chi connectivity index (χ2n) is 4.36. The Labute approximate surface area is 110 Å². The van der Waals surface area contributed by atoms with Gasteiger partial charge in [-0.15, -0.1) is 0 Å². The first-order valence-corrected chi connectivity index (χ1v) is 5.92. The van der Waals surface area contributed by atoms with Gasteiger partial charge in [-0.3, -0.25) is 4.98 Å². The van der Waals surface area contributed by atoms with Gasteiger partial charge in [0.1, 0.15) is 5.69 Å². The highest BCUT2D eigenvalue weighted by Gasteiger charge is 2.14. The lowest BCUT2D eigenvalue weighted by atomic mass is 10.2. The van der Waals surface area contributed by atoms with Crippen molar-refractivity contribution in [1.82, 2.24) is 4.98 Å². The lowest BCUT2D eigenvalue weighted by Gasteiger charge is -2.20. The maximum atomic E-state index is 13.7. The van der Waals surface area contributed by atoms with Crippen LogP contribution in [0.2, 0.25) is 0 Å². The van der Waals surface area contributed by atoms with Gasteiger partial charge in [-0.05, 0) is 36.2 Å². The zero-order valence-corrected chi connectivity index (χ0v) is 10.6. The van der Waals surface area contributed by atoms with Gasteiger partial charge in [0.15, 0.2) is 11.6 Å². The van der Waals surface area contributed by atoms with Crippen LogP contribution in [-0.4, -0.2) is 18.6 Å². The average Bonchev–Trinajstić information content (AvgIpc) is 2.36. The number of hydrogen-bond acceptors (Lipinski definition) is 3. The van der Waals surface area contributed by atoms with Gasteiger partial charge in [0.2, 0.25) is 0 Å². The van der Waals surface area contributed by atoms with E-state index in [2.05, 4.69) is 4.98 Å². The van der Waals surface area contributed by atoms with Crippen molar-refractivity contribution in [3.63, 3.8) is 0 Å². The topological polar surface area (TPSA) is 42.2 Å². The van der Waals surface area contributed by atoms with E-state index in [1.54, 1.807) is 24.3 Å². The van der Waals surface area contributed by atoms with Crippen molar-refractivity contribution in [3.05, 3.63) is 53.9 Å². The molecule has 2 rings (SSSR count). The Morgan fingerprint density at radius 2 is 1.74 bits per heavy atom. The van der Waals surface area contributed by atoms with E-state index in [0.29, 0.717) is 13.0 Å². The molecule has 1 aromatic carbocycles. The molecule has 0 aliphatic carbocycles. The standard InChI is InChI=1S/C14H15F2N3/c1-19(7-4-10-2-5-18-6-3-10)14-12(15)8-11(17)9-13(14)16/h2-3,5-6,8-9H,4,7,17H2,1H3. The molecule has 2 N–H and O–H groups in total. The SMILES string of the molecule is CN(CCc1ccncc1)c1c(F)cc(N)cc1F. The number of rotatable bonds is 4. The number of nitrogens with zero attached hydrogens (tertiary/aromatic N) is 2. The highest BCUT2D eigenvalue weighted by molar-refractivity contribution is 5.55. The summed E-state index contributed by atoms with van der Waals surface area (Å²) in [5.41, 5.74) is 6.49. The minimum atomic E-state index is -0.644. The van der Waals surface area contributed by atoms with Crippen molar-refractivity contribution in [2.24, 2.45) is 0 Å². The van der Waals surface area contributed by atoms with Gasteiger partial charge < -0.3 is 10.6 Å². The Kier molecular flexibility index (Phi) is 3.94. The van der Waals surface area contributed by atoms with Crippen LogP contribution in [0.15, 0.2) is 36.7 Å². The molecule has 1 aromatic heterocycles. The summed E-state index contributed by atoms with van der Waals surface area (Å²) in [5.74, 6) is -1.29. The molecule has 0 bridgehead atoms. The number of nitrogen functional groups attached to an aromatic ring is 1. The number of benzene rings is 1. The molecule has 0 unspecified atom stereocenters. The van der Waals surface area contributed by atoms with Crippen LogP contribution in [0.3, 0.4) is 0 Å². The van der Waals surface area contributed by atoms with Crippen LogP contribution >= 0.6 is 0 Å². The van der Waals surface area contributed by atoms with Crippen LogP contribution in [0.25, 0.3) is 0 Å². The quantitative estimate of drug-likeness (QED) is 0.862. The molecular formula is C14H15F2N3. The first kappa shape index (κ1) is 13.3. The van der Waals surface area contributed by atoms with E-state index in [9.17, 15) is 8.78 Å². The van der Waals surface area contributed by atoms with E-state index in [4.69, 9.17) is 5.73 Å². The van der Waals surface area contributed by atoms with E-state index in [1.165, 1.54) is 0 Å². The molecule has 0 radical (unpaired) electrons. The van der Waals surface area contributed by atoms with Crippen LogP contribution < -0.4 is 10.6 Å². The highest BCUT2D eigenvalue weighted by Crippen LogP contribution is 2.25. The molecular weight excluding hydrogens is 248 g/mol. The summed E-state index contributed by atoms with van der Waals surface area (Å²) in [7, 11) is 1.65. The highest BCUT2D eigenvalue weighted by atomic mass is 19.1. The lowest BCUT2D eigenvalue weighted by molar-refractivity contribution is 0.578. The molecule has 0 saturated heterocycles. The summed E-state index contributed by atoms with van der Waals surface area (Å²) in [5, 5.41) is 0. The van der Waals surface area contributed by atoms with E-state index in [1.807, 2.05) is 12.1 Å². The molecule has 0 spiro atoms. The van der Waals surface area contributed by atoms with Crippen LogP contribution in [0.4, 0.5) is 20.2 Å². The molecule has 0 amide bonds. The van der Waals surface area contributed by atoms with Crippen LogP contribution in [-0.2, 0) is 6.42 Å². The first-order valence-electron chi connectivity index (χ1n) is 5.92. The monoisotopic (exact) mass is 263 g/mol. The Morgan fingerprint density at radius 1 is 1.16 bits per heavy atom. The summed E-state index contributed by atoms with van der Waals surface area (Å²) >= 11 is 0. The molecule has 5 heteroatoms. The first-order chi connectivity index (χ1) is 9.08. The second-order valence-corrected chi connectivity index (χ2v) is 4.36. The number of likely N-dealkylation sites (N-methyl/N-ethyl adjacent to an activating group) is 1. The second kappa shape index (κ2) is 5.65. The number of pyridine rings is 1. The van der Waals surface area contributed by atoms with Crippen molar-refractivity contribution in [2.45, 2.75) is 6.42 Å². The predicted octanol–water partition coefficient (Wildman–Crippen LogP) is 2.62. The Morgan fingerprint density at radius 3 is 2.32 bits per heavy atom. The van der Waals surface area contributed by atoms with Crippen LogP contribution in [0, 0.1) is 11.6 Å². The fourth-order valence-corrected chi connectivity index (χ4v) is 1.91. The molecule has 0 atom stereocenters.